The average molecular weight is 435 g/mol. The molecular weight excluding hydrogens is 417 g/mol. The number of urea groups is 1. The molecule has 0 saturated carbocycles. The molecule has 0 radical (unpaired) electrons. The van der Waals surface area contributed by atoms with Gasteiger partial charge in [0.15, 0.2) is 5.78 Å². The summed E-state index contributed by atoms with van der Waals surface area (Å²) in [6.07, 6.45) is 0.587. The fourth-order valence-corrected chi connectivity index (χ4v) is 3.69. The Labute approximate surface area is 189 Å². The first-order valence-corrected chi connectivity index (χ1v) is 9.80. The van der Waals surface area contributed by atoms with Gasteiger partial charge in [0.25, 0.3) is 0 Å². The van der Waals surface area contributed by atoms with Crippen LogP contribution in [0.3, 0.4) is 0 Å². The number of carbonyl (C=O) groups is 3. The van der Waals surface area contributed by atoms with E-state index in [1.165, 1.54) is 12.1 Å². The number of phenols is 1. The first-order valence-electron chi connectivity index (χ1n) is 8.46. The van der Waals surface area contributed by atoms with Crippen molar-refractivity contribution in [3.05, 3.63) is 29.8 Å². The summed E-state index contributed by atoms with van der Waals surface area (Å²) >= 11 is 0. The fraction of sp³-hybridized carbons (Fsp3) is 0.438. The van der Waals surface area contributed by atoms with Gasteiger partial charge in [-0.3, -0.25) is 9.59 Å². The molecule has 1 aromatic carbocycles. The maximum atomic E-state index is 12.4. The van der Waals surface area contributed by atoms with E-state index in [0.717, 1.165) is 4.90 Å². The maximum absolute atomic E-state index is 12.4. The molecular formula is C16H18N3NaO8S. The van der Waals surface area contributed by atoms with E-state index < -0.39 is 34.4 Å². The number of piperidine rings is 1. The van der Waals surface area contributed by atoms with Gasteiger partial charge in [0.1, 0.15) is 11.8 Å². The fourth-order valence-electron chi connectivity index (χ4n) is 3.31. The SMILES string of the molecule is O=C(CNC(=O)[C@@H]1CC[C@@H]2CN1C(=O)N2OS(=O)(=O)[O-])Cc1ccc(O)cc1.[Na+]. The van der Waals surface area contributed by atoms with Gasteiger partial charge < -0.3 is 19.9 Å². The third-order valence-electron chi connectivity index (χ3n) is 4.59. The molecule has 3 rings (SSSR count). The number of amides is 3. The molecule has 13 heteroatoms. The van der Waals surface area contributed by atoms with Crippen molar-refractivity contribution in [2.75, 3.05) is 13.1 Å². The normalized spacial score (nSPS) is 20.9. The number of benzene rings is 1. The summed E-state index contributed by atoms with van der Waals surface area (Å²) in [5, 5.41) is 12.2. The van der Waals surface area contributed by atoms with Gasteiger partial charge in [-0.2, -0.15) is 9.35 Å². The monoisotopic (exact) mass is 435 g/mol. The van der Waals surface area contributed by atoms with Crippen LogP contribution in [0.5, 0.6) is 5.75 Å². The van der Waals surface area contributed by atoms with Crippen LogP contribution in [0.25, 0.3) is 0 Å². The summed E-state index contributed by atoms with van der Waals surface area (Å²) in [6.45, 7) is -0.190. The van der Waals surface area contributed by atoms with Crippen molar-refractivity contribution in [2.24, 2.45) is 0 Å². The second-order valence-electron chi connectivity index (χ2n) is 6.59. The Morgan fingerprint density at radius 1 is 1.24 bits per heavy atom. The third-order valence-corrected chi connectivity index (χ3v) is 4.94. The molecule has 2 aliphatic heterocycles. The molecule has 3 amide bonds. The molecule has 1 aromatic rings. The van der Waals surface area contributed by atoms with Crippen LogP contribution in [0.2, 0.25) is 0 Å². The zero-order valence-electron chi connectivity index (χ0n) is 15.6. The average Bonchev–Trinajstić information content (AvgIpc) is 2.85. The minimum atomic E-state index is -5.10. The Balaban J connectivity index is 0.00000300. The van der Waals surface area contributed by atoms with Gasteiger partial charge in [-0.15, -0.1) is 0 Å². The number of nitrogens with zero attached hydrogens (tertiary/aromatic N) is 2. The number of hydroxylamine groups is 2. The van der Waals surface area contributed by atoms with Gasteiger partial charge in [0.2, 0.25) is 16.3 Å². The molecule has 152 valence electrons. The van der Waals surface area contributed by atoms with E-state index in [0.29, 0.717) is 10.6 Å². The molecule has 2 bridgehead atoms. The number of hydrogen-bond donors (Lipinski definition) is 2. The van der Waals surface area contributed by atoms with Crippen LogP contribution in [-0.2, 0) is 30.7 Å². The van der Waals surface area contributed by atoms with Crippen molar-refractivity contribution in [1.82, 2.24) is 15.3 Å². The molecule has 0 aliphatic carbocycles. The van der Waals surface area contributed by atoms with E-state index in [9.17, 15) is 32.5 Å². The minimum absolute atomic E-state index is 0. The molecule has 0 aromatic heterocycles. The quantitative estimate of drug-likeness (QED) is 0.252. The summed E-state index contributed by atoms with van der Waals surface area (Å²) in [4.78, 5) is 37.8. The molecule has 2 fully saturated rings. The number of nitrogens with one attached hydrogen (secondary N) is 1. The summed E-state index contributed by atoms with van der Waals surface area (Å²) < 4.78 is 36.5. The molecule has 11 nitrogen and oxygen atoms in total. The molecule has 2 atom stereocenters. The number of rotatable bonds is 7. The second kappa shape index (κ2) is 9.41. The van der Waals surface area contributed by atoms with Gasteiger partial charge >= 0.3 is 35.6 Å². The Kier molecular flexibility index (Phi) is 7.65. The Morgan fingerprint density at radius 3 is 2.52 bits per heavy atom. The summed E-state index contributed by atoms with van der Waals surface area (Å²) in [6, 6.07) is 3.71. The topological polar surface area (TPSA) is 156 Å². The Bertz CT molecular complexity index is 892. The van der Waals surface area contributed by atoms with Crippen LogP contribution >= 0.6 is 0 Å². The van der Waals surface area contributed by atoms with E-state index in [4.69, 9.17) is 0 Å². The summed E-state index contributed by atoms with van der Waals surface area (Å²) in [5.74, 6) is -0.723. The van der Waals surface area contributed by atoms with Crippen LogP contribution in [0.4, 0.5) is 4.79 Å². The second-order valence-corrected chi connectivity index (χ2v) is 7.56. The van der Waals surface area contributed by atoms with Gasteiger partial charge in [-0.05, 0) is 30.5 Å². The molecule has 0 unspecified atom stereocenters. The molecule has 2 aliphatic rings. The van der Waals surface area contributed by atoms with Crippen molar-refractivity contribution in [2.45, 2.75) is 31.3 Å². The van der Waals surface area contributed by atoms with Crippen molar-refractivity contribution in [3.63, 3.8) is 0 Å². The van der Waals surface area contributed by atoms with E-state index in [1.807, 2.05) is 0 Å². The van der Waals surface area contributed by atoms with Crippen molar-refractivity contribution < 1.29 is 66.3 Å². The molecule has 29 heavy (non-hydrogen) atoms. The Morgan fingerprint density at radius 2 is 1.90 bits per heavy atom. The van der Waals surface area contributed by atoms with Gasteiger partial charge in [-0.25, -0.2) is 13.2 Å². The number of Topliss-reactive ketones (excluding diaryl/α,β-unsaturated/α-hetero) is 1. The molecule has 2 saturated heterocycles. The van der Waals surface area contributed by atoms with E-state index in [-0.39, 0.29) is 73.4 Å². The largest absolute Gasteiger partial charge is 1.00 e. The number of phenolic OH excluding ortho intramolecular Hbond substituents is 1. The number of aromatic hydroxyl groups is 1. The van der Waals surface area contributed by atoms with E-state index >= 15 is 0 Å². The molecule has 0 spiro atoms. The smallest absolute Gasteiger partial charge is 0.724 e. The van der Waals surface area contributed by atoms with E-state index in [1.54, 1.807) is 12.1 Å². The van der Waals surface area contributed by atoms with Crippen LogP contribution in [0.15, 0.2) is 24.3 Å². The number of hydrogen-bond acceptors (Lipinski definition) is 8. The van der Waals surface area contributed by atoms with Gasteiger partial charge in [0, 0.05) is 13.0 Å². The first kappa shape index (κ1) is 23.6. The van der Waals surface area contributed by atoms with Gasteiger partial charge in [0.05, 0.1) is 12.6 Å². The van der Waals surface area contributed by atoms with Crippen molar-refractivity contribution >= 4 is 28.1 Å². The first-order chi connectivity index (χ1) is 13.1. The van der Waals surface area contributed by atoms with E-state index in [2.05, 4.69) is 9.60 Å². The van der Waals surface area contributed by atoms with Crippen LogP contribution in [0, 0.1) is 0 Å². The number of fused-ring (bicyclic) bond motifs is 2. The molecule has 2 N–H and O–H groups in total. The summed E-state index contributed by atoms with van der Waals surface area (Å²) in [7, 11) is -5.10. The van der Waals surface area contributed by atoms with Crippen LogP contribution in [0.1, 0.15) is 18.4 Å². The van der Waals surface area contributed by atoms with Crippen molar-refractivity contribution in [3.8, 4) is 5.75 Å². The predicted molar refractivity (Wildman–Crippen MR) is 91.4 cm³/mol. The third kappa shape index (κ3) is 5.90. The van der Waals surface area contributed by atoms with Crippen LogP contribution in [-0.4, -0.2) is 70.9 Å². The Hall–Kier alpha value is -1.70. The zero-order chi connectivity index (χ0) is 20.5. The zero-order valence-corrected chi connectivity index (χ0v) is 18.4. The summed E-state index contributed by atoms with van der Waals surface area (Å²) in [5.41, 5.74) is 0.680. The van der Waals surface area contributed by atoms with Crippen LogP contribution < -0.4 is 34.9 Å². The van der Waals surface area contributed by atoms with Crippen molar-refractivity contribution in [1.29, 1.82) is 0 Å². The molecule has 2 heterocycles. The van der Waals surface area contributed by atoms with Gasteiger partial charge in [-0.1, -0.05) is 12.1 Å². The maximum Gasteiger partial charge on any atom is 1.00 e. The standard InChI is InChI=1S/C16H19N3O8S.Na/c20-12-4-1-10(2-5-12)7-13(21)8-17-15(22)14-6-3-11-9-18(14)16(23)19(11)27-28(24,25)26;/h1-2,4-5,11,14,20H,3,6-9H2,(H,17,22)(H,24,25,26);/q;+1/p-1/t11-,14+;/m1./s1. The number of carbonyl (C=O) groups excluding carboxylic acids is 3. The predicted octanol–water partition coefficient (Wildman–Crippen LogP) is -3.72. The minimum Gasteiger partial charge on any atom is -0.724 e. The number of ketones is 1.